The molecule has 0 bridgehead atoms. The van der Waals surface area contributed by atoms with Crippen molar-refractivity contribution in [2.24, 2.45) is 5.92 Å². The highest BCUT2D eigenvalue weighted by atomic mass is 16.5. The minimum Gasteiger partial charge on any atom is -0.494 e. The molecule has 4 rings (SSSR count). The zero-order chi connectivity index (χ0) is 41.1. The number of ether oxygens (including phenoxy) is 4. The van der Waals surface area contributed by atoms with Gasteiger partial charge in [-0.3, -0.25) is 9.59 Å². The van der Waals surface area contributed by atoms with Crippen molar-refractivity contribution in [2.45, 2.75) is 91.9 Å². The molecule has 0 saturated carbocycles. The lowest BCUT2D eigenvalue weighted by atomic mass is 9.96. The minimum absolute atomic E-state index is 0.0267. The van der Waals surface area contributed by atoms with E-state index in [1.165, 1.54) is 29.7 Å². The molecule has 4 aromatic carbocycles. The summed E-state index contributed by atoms with van der Waals surface area (Å²) in [5.41, 5.74) is 6.27. The zero-order valence-corrected chi connectivity index (χ0v) is 34.5. The van der Waals surface area contributed by atoms with E-state index in [1.54, 1.807) is 0 Å². The van der Waals surface area contributed by atoms with Gasteiger partial charge in [-0.15, -0.1) is 0 Å². The first-order chi connectivity index (χ1) is 27.7. The van der Waals surface area contributed by atoms with Gasteiger partial charge >= 0.3 is 11.9 Å². The van der Waals surface area contributed by atoms with Crippen LogP contribution in [0.4, 0.5) is 0 Å². The fraction of sp³-hybridized carbons (Fsp3) is 0.380. The summed E-state index contributed by atoms with van der Waals surface area (Å²) in [6, 6.07) is 31.9. The van der Waals surface area contributed by atoms with Crippen LogP contribution in [0, 0.1) is 12.8 Å². The largest absolute Gasteiger partial charge is 0.494 e. The molecule has 0 N–H and O–H groups in total. The monoisotopic (exact) mass is 774 g/mol. The Kier molecular flexibility index (Phi) is 21.9. The summed E-state index contributed by atoms with van der Waals surface area (Å²) in [6.07, 6.45) is 15.4. The Balaban J connectivity index is 0.000000310. The molecule has 0 aliphatic heterocycles. The first kappa shape index (κ1) is 46.0. The Morgan fingerprint density at radius 2 is 1.04 bits per heavy atom. The number of hydrogen-bond acceptors (Lipinski definition) is 7. The number of benzene rings is 4. The fourth-order valence-electron chi connectivity index (χ4n) is 5.70. The molecule has 304 valence electrons. The standard InChI is InChI=1S/C27H34O4.C23H28O3/c1-4-21(3)20-22-10-12-23(13-11-22)27(29)24-14-16-25(17-15-24)30-18-8-6-7-9-19-31-26(28)5-2;1-19-7-9-21(10-8-19)11-12-22-13-15-23(16-14-22)26-18-6-4-3-5-17-25-20(2)24/h5,10-17,21H,2,4,6-9,18-20H2,1,3H3;7-16H,3-6,17-18H2,1-2H3/b;12-11+. The van der Waals surface area contributed by atoms with E-state index >= 15 is 0 Å². The van der Waals surface area contributed by atoms with Gasteiger partial charge in [0.15, 0.2) is 5.78 Å². The van der Waals surface area contributed by atoms with Crippen LogP contribution in [0.1, 0.15) is 117 Å². The molecule has 0 fully saturated rings. The summed E-state index contributed by atoms with van der Waals surface area (Å²) < 4.78 is 21.4. The van der Waals surface area contributed by atoms with Crippen LogP contribution in [0.3, 0.4) is 0 Å². The van der Waals surface area contributed by atoms with Gasteiger partial charge < -0.3 is 18.9 Å². The number of hydrogen-bond donors (Lipinski definition) is 0. The lowest BCUT2D eigenvalue weighted by Gasteiger charge is -2.09. The molecule has 0 radical (unpaired) electrons. The first-order valence-electron chi connectivity index (χ1n) is 20.4. The topological polar surface area (TPSA) is 88.1 Å². The normalized spacial score (nSPS) is 11.2. The predicted molar refractivity (Wildman–Crippen MR) is 232 cm³/mol. The third kappa shape index (κ3) is 19.8. The van der Waals surface area contributed by atoms with E-state index in [2.05, 4.69) is 88.0 Å². The Hall–Kier alpha value is -5.43. The number of carbonyl (C=O) groups is 3. The van der Waals surface area contributed by atoms with Crippen molar-refractivity contribution in [3.63, 3.8) is 0 Å². The minimum atomic E-state index is -0.371. The van der Waals surface area contributed by atoms with Crippen molar-refractivity contribution >= 4 is 29.9 Å². The predicted octanol–water partition coefficient (Wildman–Crippen LogP) is 11.8. The van der Waals surface area contributed by atoms with Gasteiger partial charge in [0.2, 0.25) is 0 Å². The van der Waals surface area contributed by atoms with Crippen LogP contribution in [0.15, 0.2) is 110 Å². The maximum atomic E-state index is 12.7. The van der Waals surface area contributed by atoms with Gasteiger partial charge in [-0.05, 0) is 124 Å². The number of esters is 2. The Morgan fingerprint density at radius 3 is 1.51 bits per heavy atom. The Morgan fingerprint density at radius 1 is 0.596 bits per heavy atom. The fourth-order valence-corrected chi connectivity index (χ4v) is 5.70. The number of unbranched alkanes of at least 4 members (excludes halogenated alkanes) is 6. The second-order valence-corrected chi connectivity index (χ2v) is 14.3. The maximum Gasteiger partial charge on any atom is 0.330 e. The number of rotatable bonds is 24. The summed E-state index contributed by atoms with van der Waals surface area (Å²) in [6.45, 7) is 13.6. The molecule has 0 aromatic heterocycles. The first-order valence-corrected chi connectivity index (χ1v) is 20.4. The smallest absolute Gasteiger partial charge is 0.330 e. The molecule has 0 spiro atoms. The molecule has 0 amide bonds. The summed E-state index contributed by atoms with van der Waals surface area (Å²) in [4.78, 5) is 34.3. The van der Waals surface area contributed by atoms with E-state index in [9.17, 15) is 14.4 Å². The highest BCUT2D eigenvalue weighted by molar-refractivity contribution is 6.09. The number of aryl methyl sites for hydroxylation is 1. The maximum absolute atomic E-state index is 12.7. The second-order valence-electron chi connectivity index (χ2n) is 14.3. The third-order valence-electron chi connectivity index (χ3n) is 9.37. The summed E-state index contributed by atoms with van der Waals surface area (Å²) in [5.74, 6) is 1.77. The third-order valence-corrected chi connectivity index (χ3v) is 9.37. The second kappa shape index (κ2) is 27.2. The van der Waals surface area contributed by atoms with Crippen molar-refractivity contribution in [2.75, 3.05) is 26.4 Å². The quantitative estimate of drug-likeness (QED) is 0.0230. The van der Waals surface area contributed by atoms with Gasteiger partial charge in [0.1, 0.15) is 11.5 Å². The molecule has 7 nitrogen and oxygen atoms in total. The van der Waals surface area contributed by atoms with E-state index in [0.717, 1.165) is 81.3 Å². The van der Waals surface area contributed by atoms with Gasteiger partial charge in [-0.25, -0.2) is 4.79 Å². The average molecular weight is 775 g/mol. The van der Waals surface area contributed by atoms with Crippen LogP contribution < -0.4 is 9.47 Å². The highest BCUT2D eigenvalue weighted by Crippen LogP contribution is 2.19. The molecule has 0 heterocycles. The summed E-state index contributed by atoms with van der Waals surface area (Å²) >= 11 is 0. The molecule has 0 saturated heterocycles. The van der Waals surface area contributed by atoms with E-state index in [1.807, 2.05) is 48.5 Å². The van der Waals surface area contributed by atoms with Crippen LogP contribution in [-0.2, 0) is 25.5 Å². The van der Waals surface area contributed by atoms with Crippen LogP contribution in [-0.4, -0.2) is 44.1 Å². The molecule has 0 aliphatic rings. The lowest BCUT2D eigenvalue weighted by molar-refractivity contribution is -0.141. The van der Waals surface area contributed by atoms with Gasteiger partial charge in [0.25, 0.3) is 0 Å². The van der Waals surface area contributed by atoms with Crippen LogP contribution in [0.2, 0.25) is 0 Å². The molecule has 4 aromatic rings. The molecule has 1 atom stereocenters. The van der Waals surface area contributed by atoms with Crippen molar-refractivity contribution in [1.82, 2.24) is 0 Å². The molecule has 57 heavy (non-hydrogen) atoms. The Bertz CT molecular complexity index is 1770. The SMILES string of the molecule is C=CC(=O)OCCCCCCOc1ccc(C(=O)c2ccc(CC(C)CC)cc2)cc1.CC(=O)OCCCCCCOc1ccc(/C=C/c2ccc(C)cc2)cc1. The number of carbonyl (C=O) groups excluding carboxylic acids is 3. The van der Waals surface area contributed by atoms with Gasteiger partial charge in [-0.1, -0.05) is 105 Å². The summed E-state index contributed by atoms with van der Waals surface area (Å²) in [5, 5.41) is 0. The van der Waals surface area contributed by atoms with Crippen LogP contribution in [0.5, 0.6) is 11.5 Å². The molecule has 0 aliphatic carbocycles. The van der Waals surface area contributed by atoms with Crippen molar-refractivity contribution in [3.8, 4) is 11.5 Å². The van der Waals surface area contributed by atoms with Crippen molar-refractivity contribution < 1.29 is 33.3 Å². The van der Waals surface area contributed by atoms with E-state index in [4.69, 9.17) is 18.9 Å². The Labute approximate surface area is 341 Å². The molecular weight excluding hydrogens is 713 g/mol. The average Bonchev–Trinajstić information content (AvgIpc) is 3.23. The van der Waals surface area contributed by atoms with E-state index in [0.29, 0.717) is 43.5 Å². The van der Waals surface area contributed by atoms with Gasteiger partial charge in [0, 0.05) is 24.1 Å². The lowest BCUT2D eigenvalue weighted by Crippen LogP contribution is -2.03. The van der Waals surface area contributed by atoms with Crippen LogP contribution >= 0.6 is 0 Å². The zero-order valence-electron chi connectivity index (χ0n) is 34.5. The highest BCUT2D eigenvalue weighted by Gasteiger charge is 2.10. The van der Waals surface area contributed by atoms with E-state index < -0.39 is 0 Å². The summed E-state index contributed by atoms with van der Waals surface area (Å²) in [7, 11) is 0. The van der Waals surface area contributed by atoms with Crippen molar-refractivity contribution in [3.05, 3.63) is 143 Å². The molecular formula is C50H62O7. The van der Waals surface area contributed by atoms with Crippen LogP contribution in [0.25, 0.3) is 12.2 Å². The number of ketones is 1. The van der Waals surface area contributed by atoms with Gasteiger partial charge in [-0.2, -0.15) is 0 Å². The molecule has 1 unspecified atom stereocenters. The van der Waals surface area contributed by atoms with Crippen molar-refractivity contribution in [1.29, 1.82) is 0 Å². The van der Waals surface area contributed by atoms with E-state index in [-0.39, 0.29) is 17.7 Å². The van der Waals surface area contributed by atoms with Gasteiger partial charge in [0.05, 0.1) is 26.4 Å². The molecule has 7 heteroatoms.